The summed E-state index contributed by atoms with van der Waals surface area (Å²) in [5, 5.41) is 6.84. The third-order valence-electron chi connectivity index (χ3n) is 6.66. The monoisotopic (exact) mass is 491 g/mol. The van der Waals surface area contributed by atoms with Crippen LogP contribution >= 0.6 is 0 Å². The normalized spacial score (nSPS) is 12.2. The van der Waals surface area contributed by atoms with Crippen LogP contribution in [0.2, 0.25) is 0 Å². The molecule has 3 heterocycles. The molecule has 4 N–H and O–H groups in total. The highest BCUT2D eigenvalue weighted by Gasteiger charge is 2.18. The Labute approximate surface area is 217 Å². The highest BCUT2D eigenvalue weighted by molar-refractivity contribution is 5.84. The van der Waals surface area contributed by atoms with Crippen LogP contribution in [0.4, 0.5) is 5.82 Å². The Morgan fingerprint density at radius 2 is 1.73 bits per heavy atom. The van der Waals surface area contributed by atoms with Gasteiger partial charge in [0.1, 0.15) is 11.3 Å². The lowest BCUT2D eigenvalue weighted by atomic mass is 10.1. The van der Waals surface area contributed by atoms with Crippen molar-refractivity contribution in [3.63, 3.8) is 0 Å². The van der Waals surface area contributed by atoms with E-state index >= 15 is 0 Å². The number of nitrogens with zero attached hydrogens (tertiary/aromatic N) is 4. The number of pyridine rings is 2. The van der Waals surface area contributed by atoms with Crippen molar-refractivity contribution in [1.82, 2.24) is 30.2 Å². The van der Waals surface area contributed by atoms with E-state index in [0.29, 0.717) is 11.9 Å². The number of nitrogens with two attached hydrogens (primary N) is 1. The number of rotatable bonds is 10. The number of hydrogen-bond donors (Lipinski definition) is 3. The largest absolute Gasteiger partial charge is 0.383 e. The first-order valence-electron chi connectivity index (χ1n) is 12.8. The number of imidazole rings is 1. The molecule has 0 radical (unpaired) electrons. The Balaban J connectivity index is 1.48. The maximum atomic E-state index is 6.28. The highest BCUT2D eigenvalue weighted by atomic mass is 15.1. The summed E-state index contributed by atoms with van der Waals surface area (Å²) in [5.74, 6) is 1.17. The van der Waals surface area contributed by atoms with Gasteiger partial charge in [-0.05, 0) is 75.3 Å². The van der Waals surface area contributed by atoms with Gasteiger partial charge in [0, 0.05) is 30.0 Å². The van der Waals surface area contributed by atoms with E-state index in [0.717, 1.165) is 65.4 Å². The fourth-order valence-electron chi connectivity index (χ4n) is 4.43. The number of nitrogen functional groups attached to an aromatic ring is 1. The molecule has 37 heavy (non-hydrogen) atoms. The lowest BCUT2D eigenvalue weighted by molar-refractivity contribution is 0.520. The number of fused-ring (bicyclic) bond motifs is 1. The van der Waals surface area contributed by atoms with Crippen molar-refractivity contribution in [2.75, 3.05) is 19.3 Å². The molecule has 0 aliphatic heterocycles. The minimum absolute atomic E-state index is 0.441. The molecule has 0 saturated carbocycles. The fourth-order valence-corrected chi connectivity index (χ4v) is 4.43. The Bertz CT molecular complexity index is 1460. The van der Waals surface area contributed by atoms with Gasteiger partial charge >= 0.3 is 0 Å². The molecule has 0 amide bonds. The van der Waals surface area contributed by atoms with Gasteiger partial charge in [-0.15, -0.1) is 0 Å². The van der Waals surface area contributed by atoms with Crippen molar-refractivity contribution < 1.29 is 0 Å². The first kappa shape index (κ1) is 24.6. The minimum atomic E-state index is 0.441. The topological polar surface area (TPSA) is 93.7 Å². The second kappa shape index (κ2) is 11.3. The maximum Gasteiger partial charge on any atom is 0.165 e. The summed E-state index contributed by atoms with van der Waals surface area (Å²) in [7, 11) is 2.01. The molecule has 0 saturated heterocycles. The Kier molecular flexibility index (Phi) is 7.54. The average molecular weight is 492 g/mol. The van der Waals surface area contributed by atoms with Gasteiger partial charge in [0.25, 0.3) is 0 Å². The Hall–Kier alpha value is -4.07. The van der Waals surface area contributed by atoms with Crippen LogP contribution in [0.1, 0.15) is 25.3 Å². The molecule has 0 bridgehead atoms. The third-order valence-corrected chi connectivity index (χ3v) is 6.66. The van der Waals surface area contributed by atoms with Crippen molar-refractivity contribution in [2.45, 2.75) is 32.4 Å². The molecule has 7 heteroatoms. The molecule has 2 aromatic carbocycles. The lowest BCUT2D eigenvalue weighted by Crippen LogP contribution is -2.23. The van der Waals surface area contributed by atoms with Crippen molar-refractivity contribution >= 4 is 17.0 Å². The SMILES string of the molecule is CNC(C)CCCNCc1ccc(-n2c(-c3cccnc3N)nc3ccc(-c4ccccc4)nc32)cc1. The van der Waals surface area contributed by atoms with Crippen LogP contribution < -0.4 is 16.4 Å². The lowest BCUT2D eigenvalue weighted by Gasteiger charge is -2.12. The molecule has 188 valence electrons. The quantitative estimate of drug-likeness (QED) is 0.232. The number of benzene rings is 2. The molecular weight excluding hydrogens is 458 g/mol. The van der Waals surface area contributed by atoms with Gasteiger partial charge in [-0.3, -0.25) is 4.57 Å². The molecule has 0 aliphatic carbocycles. The smallest absolute Gasteiger partial charge is 0.165 e. The van der Waals surface area contributed by atoms with E-state index in [-0.39, 0.29) is 0 Å². The molecular formula is C30H33N7. The molecule has 0 spiro atoms. The summed E-state index contributed by atoms with van der Waals surface area (Å²) >= 11 is 0. The fraction of sp³-hybridized carbons (Fsp3) is 0.233. The van der Waals surface area contributed by atoms with Crippen LogP contribution in [-0.4, -0.2) is 39.2 Å². The van der Waals surface area contributed by atoms with Crippen LogP contribution in [0.5, 0.6) is 0 Å². The van der Waals surface area contributed by atoms with Crippen LogP contribution in [0.15, 0.2) is 85.1 Å². The standard InChI is InChI=1S/C30H33N7/c1-21(32-2)8-6-18-33-20-22-12-14-24(15-13-22)37-29(25-11-7-19-34-28(25)31)36-27-17-16-26(35-30(27)37)23-9-4-3-5-10-23/h3-5,7,9-17,19,21,32-33H,6,8,18,20H2,1-2H3,(H2,31,34). The predicted molar refractivity (Wildman–Crippen MR) is 151 cm³/mol. The zero-order valence-corrected chi connectivity index (χ0v) is 21.4. The molecule has 1 unspecified atom stereocenters. The van der Waals surface area contributed by atoms with Gasteiger partial charge in [-0.1, -0.05) is 42.5 Å². The van der Waals surface area contributed by atoms with E-state index in [2.05, 4.69) is 63.5 Å². The average Bonchev–Trinajstić information content (AvgIpc) is 3.32. The molecule has 5 aromatic rings. The molecule has 0 fully saturated rings. The van der Waals surface area contributed by atoms with Gasteiger partial charge in [0.15, 0.2) is 11.5 Å². The second-order valence-corrected chi connectivity index (χ2v) is 9.29. The van der Waals surface area contributed by atoms with Crippen LogP contribution in [0, 0.1) is 0 Å². The van der Waals surface area contributed by atoms with Gasteiger partial charge in [-0.2, -0.15) is 0 Å². The summed E-state index contributed by atoms with van der Waals surface area (Å²) in [6, 6.07) is 27.1. The summed E-state index contributed by atoms with van der Waals surface area (Å²) in [6.45, 7) is 4.04. The van der Waals surface area contributed by atoms with E-state index in [1.807, 2.05) is 49.5 Å². The molecule has 7 nitrogen and oxygen atoms in total. The van der Waals surface area contributed by atoms with Gasteiger partial charge in [-0.25, -0.2) is 15.0 Å². The minimum Gasteiger partial charge on any atom is -0.383 e. The predicted octanol–water partition coefficient (Wildman–Crippen LogP) is 5.21. The number of nitrogens with one attached hydrogen (secondary N) is 2. The summed E-state index contributed by atoms with van der Waals surface area (Å²) in [4.78, 5) is 14.3. The van der Waals surface area contributed by atoms with E-state index in [1.165, 1.54) is 5.56 Å². The van der Waals surface area contributed by atoms with Crippen molar-refractivity contribution in [2.24, 2.45) is 0 Å². The Morgan fingerprint density at radius 3 is 2.49 bits per heavy atom. The Morgan fingerprint density at radius 1 is 0.919 bits per heavy atom. The van der Waals surface area contributed by atoms with E-state index < -0.39 is 0 Å². The summed E-state index contributed by atoms with van der Waals surface area (Å²) in [5.41, 5.74) is 12.8. The highest BCUT2D eigenvalue weighted by Crippen LogP contribution is 2.31. The van der Waals surface area contributed by atoms with E-state index in [1.54, 1.807) is 6.20 Å². The number of aromatic nitrogens is 4. The van der Waals surface area contributed by atoms with Crippen molar-refractivity contribution in [1.29, 1.82) is 0 Å². The zero-order chi connectivity index (χ0) is 25.6. The third kappa shape index (κ3) is 5.53. The number of hydrogen-bond acceptors (Lipinski definition) is 6. The van der Waals surface area contributed by atoms with Gasteiger partial charge in [0.05, 0.1) is 11.3 Å². The van der Waals surface area contributed by atoms with Crippen molar-refractivity contribution in [3.8, 4) is 28.3 Å². The second-order valence-electron chi connectivity index (χ2n) is 9.29. The summed E-state index contributed by atoms with van der Waals surface area (Å²) < 4.78 is 2.07. The molecule has 1 atom stereocenters. The van der Waals surface area contributed by atoms with E-state index in [9.17, 15) is 0 Å². The maximum absolute atomic E-state index is 6.28. The first-order chi connectivity index (χ1) is 18.1. The van der Waals surface area contributed by atoms with Crippen LogP contribution in [0.25, 0.3) is 39.5 Å². The van der Waals surface area contributed by atoms with Crippen LogP contribution in [0.3, 0.4) is 0 Å². The molecule has 3 aromatic heterocycles. The van der Waals surface area contributed by atoms with Gasteiger partial charge < -0.3 is 16.4 Å². The number of anilines is 1. The van der Waals surface area contributed by atoms with Crippen LogP contribution in [-0.2, 0) is 6.54 Å². The summed E-state index contributed by atoms with van der Waals surface area (Å²) in [6.07, 6.45) is 4.00. The van der Waals surface area contributed by atoms with Crippen molar-refractivity contribution in [3.05, 3.63) is 90.6 Å². The molecule has 0 aliphatic rings. The van der Waals surface area contributed by atoms with E-state index in [4.69, 9.17) is 15.7 Å². The molecule has 5 rings (SSSR count). The van der Waals surface area contributed by atoms with Gasteiger partial charge in [0.2, 0.25) is 0 Å². The zero-order valence-electron chi connectivity index (χ0n) is 21.4. The first-order valence-corrected chi connectivity index (χ1v) is 12.8.